The largest absolute Gasteiger partial charge is 0.161 e. The van der Waals surface area contributed by atoms with E-state index in [1.54, 1.807) is 0 Å². The lowest BCUT2D eigenvalue weighted by atomic mass is 9.71. The molecular weight excluding hydrogens is 164 g/mol. The van der Waals surface area contributed by atoms with E-state index < -0.39 is 0 Å². The summed E-state index contributed by atoms with van der Waals surface area (Å²) in [5.74, 6) is 1.01. The fourth-order valence-corrected chi connectivity index (χ4v) is 4.85. The van der Waals surface area contributed by atoms with Gasteiger partial charge in [0, 0.05) is 5.25 Å². The first-order valence-corrected chi connectivity index (χ1v) is 6.34. The molecule has 2 saturated carbocycles. The summed E-state index contributed by atoms with van der Waals surface area (Å²) >= 11 is 2.10. The second-order valence-electron chi connectivity index (χ2n) is 5.33. The van der Waals surface area contributed by atoms with E-state index >= 15 is 0 Å². The minimum absolute atomic E-state index is 0.612. The topological polar surface area (TPSA) is 0 Å². The fraction of sp³-hybridized carbons (Fsp3) is 1.00. The van der Waals surface area contributed by atoms with Crippen LogP contribution in [0.4, 0.5) is 0 Å². The van der Waals surface area contributed by atoms with Gasteiger partial charge in [0.05, 0.1) is 0 Å². The van der Waals surface area contributed by atoms with Gasteiger partial charge < -0.3 is 0 Å². The summed E-state index contributed by atoms with van der Waals surface area (Å²) in [7, 11) is 0. The molecule has 0 aliphatic heterocycles. The molecule has 1 heteroatoms. The SMILES string of the molecule is CS[C@@H]1C[C@H]2CC[C@]1(C)C2(C)C. The van der Waals surface area contributed by atoms with E-state index in [2.05, 4.69) is 38.8 Å². The van der Waals surface area contributed by atoms with Crippen molar-refractivity contribution < 1.29 is 0 Å². The Balaban J connectivity index is 2.33. The lowest BCUT2D eigenvalue weighted by Gasteiger charge is -2.38. The van der Waals surface area contributed by atoms with Crippen molar-refractivity contribution in [3.8, 4) is 0 Å². The molecule has 2 rings (SSSR count). The van der Waals surface area contributed by atoms with Crippen LogP contribution < -0.4 is 0 Å². The molecule has 12 heavy (non-hydrogen) atoms. The molecule has 0 nitrogen and oxygen atoms in total. The first-order valence-electron chi connectivity index (χ1n) is 5.05. The molecule has 2 aliphatic rings. The third-order valence-corrected chi connectivity index (χ3v) is 6.28. The number of fused-ring (bicyclic) bond motifs is 2. The van der Waals surface area contributed by atoms with Crippen molar-refractivity contribution >= 4 is 11.8 Å². The van der Waals surface area contributed by atoms with Crippen LogP contribution in [0.25, 0.3) is 0 Å². The summed E-state index contributed by atoms with van der Waals surface area (Å²) in [6, 6.07) is 0. The van der Waals surface area contributed by atoms with E-state index in [-0.39, 0.29) is 0 Å². The van der Waals surface area contributed by atoms with E-state index in [0.29, 0.717) is 10.8 Å². The predicted molar refractivity (Wildman–Crippen MR) is 56.5 cm³/mol. The monoisotopic (exact) mass is 184 g/mol. The van der Waals surface area contributed by atoms with E-state index in [4.69, 9.17) is 0 Å². The second-order valence-corrected chi connectivity index (χ2v) is 6.38. The van der Waals surface area contributed by atoms with Crippen LogP contribution in [0.2, 0.25) is 0 Å². The van der Waals surface area contributed by atoms with Crippen LogP contribution in [0.1, 0.15) is 40.0 Å². The van der Waals surface area contributed by atoms with Crippen molar-refractivity contribution in [3.63, 3.8) is 0 Å². The van der Waals surface area contributed by atoms with Gasteiger partial charge in [-0.05, 0) is 42.3 Å². The first-order chi connectivity index (χ1) is 5.52. The molecule has 2 fully saturated rings. The molecule has 2 bridgehead atoms. The van der Waals surface area contributed by atoms with Crippen LogP contribution in [0.15, 0.2) is 0 Å². The maximum absolute atomic E-state index is 2.52. The Morgan fingerprint density at radius 2 is 1.92 bits per heavy atom. The van der Waals surface area contributed by atoms with Crippen LogP contribution in [-0.4, -0.2) is 11.5 Å². The molecule has 70 valence electrons. The third-order valence-electron chi connectivity index (χ3n) is 5.00. The molecule has 0 aromatic rings. The number of hydrogen-bond acceptors (Lipinski definition) is 1. The lowest BCUT2D eigenvalue weighted by molar-refractivity contribution is 0.156. The van der Waals surface area contributed by atoms with E-state index in [1.807, 2.05) is 0 Å². The summed E-state index contributed by atoms with van der Waals surface area (Å²) < 4.78 is 0. The van der Waals surface area contributed by atoms with Crippen LogP contribution in [-0.2, 0) is 0 Å². The number of thioether (sulfide) groups is 1. The van der Waals surface area contributed by atoms with Gasteiger partial charge in [0.25, 0.3) is 0 Å². The average Bonchev–Trinajstić information content (AvgIpc) is 2.34. The molecule has 0 heterocycles. The molecule has 0 N–H and O–H groups in total. The van der Waals surface area contributed by atoms with Crippen molar-refractivity contribution in [2.45, 2.75) is 45.3 Å². The summed E-state index contributed by atoms with van der Waals surface area (Å²) in [6.07, 6.45) is 6.72. The van der Waals surface area contributed by atoms with Crippen LogP contribution in [0.5, 0.6) is 0 Å². The molecular formula is C11H20S. The predicted octanol–water partition coefficient (Wildman–Crippen LogP) is 3.56. The molecule has 0 amide bonds. The number of rotatable bonds is 1. The molecule has 0 aromatic heterocycles. The Labute approximate surface area is 80.5 Å². The summed E-state index contributed by atoms with van der Waals surface area (Å²) in [6.45, 7) is 7.49. The van der Waals surface area contributed by atoms with Crippen molar-refractivity contribution in [1.29, 1.82) is 0 Å². The third kappa shape index (κ3) is 0.814. The van der Waals surface area contributed by atoms with E-state index in [9.17, 15) is 0 Å². The highest BCUT2D eigenvalue weighted by atomic mass is 32.2. The molecule has 0 spiro atoms. The first kappa shape index (κ1) is 8.93. The number of hydrogen-bond donors (Lipinski definition) is 0. The van der Waals surface area contributed by atoms with Crippen LogP contribution in [0, 0.1) is 16.7 Å². The average molecular weight is 184 g/mol. The molecule has 2 aliphatic carbocycles. The van der Waals surface area contributed by atoms with Crippen LogP contribution >= 0.6 is 11.8 Å². The Bertz CT molecular complexity index is 197. The Kier molecular flexibility index (Phi) is 1.81. The van der Waals surface area contributed by atoms with Crippen molar-refractivity contribution in [2.75, 3.05) is 6.26 Å². The Hall–Kier alpha value is 0.350. The van der Waals surface area contributed by atoms with E-state index in [1.165, 1.54) is 19.3 Å². The maximum atomic E-state index is 2.52. The minimum Gasteiger partial charge on any atom is -0.161 e. The quantitative estimate of drug-likeness (QED) is 0.600. The zero-order valence-electron chi connectivity index (χ0n) is 8.68. The van der Waals surface area contributed by atoms with Gasteiger partial charge in [-0.25, -0.2) is 0 Å². The fourth-order valence-electron chi connectivity index (χ4n) is 3.49. The Morgan fingerprint density at radius 1 is 1.25 bits per heavy atom. The standard InChI is InChI=1S/C11H20S/c1-10(2)8-5-6-11(10,3)9(7-8)12-4/h8-9H,5-7H2,1-4H3/t8-,9-,11+/m1/s1. The second kappa shape index (κ2) is 2.43. The van der Waals surface area contributed by atoms with Crippen molar-refractivity contribution in [1.82, 2.24) is 0 Å². The lowest BCUT2D eigenvalue weighted by Crippen LogP contribution is -2.33. The zero-order valence-corrected chi connectivity index (χ0v) is 9.50. The molecule has 0 aromatic carbocycles. The highest BCUT2D eigenvalue weighted by Crippen LogP contribution is 2.67. The van der Waals surface area contributed by atoms with Gasteiger partial charge in [0.1, 0.15) is 0 Å². The molecule has 3 atom stereocenters. The molecule has 0 saturated heterocycles. The van der Waals surface area contributed by atoms with E-state index in [0.717, 1.165) is 11.2 Å². The van der Waals surface area contributed by atoms with Crippen molar-refractivity contribution in [2.24, 2.45) is 16.7 Å². The Morgan fingerprint density at radius 3 is 2.17 bits per heavy atom. The van der Waals surface area contributed by atoms with Gasteiger partial charge in [-0.1, -0.05) is 20.8 Å². The van der Waals surface area contributed by atoms with Gasteiger partial charge >= 0.3 is 0 Å². The summed E-state index contributed by atoms with van der Waals surface area (Å²) in [5.41, 5.74) is 1.25. The maximum Gasteiger partial charge on any atom is 0.0106 e. The molecule has 0 radical (unpaired) electrons. The summed E-state index contributed by atoms with van der Waals surface area (Å²) in [5, 5.41) is 0.936. The van der Waals surface area contributed by atoms with Gasteiger partial charge in [-0.2, -0.15) is 11.8 Å². The van der Waals surface area contributed by atoms with Gasteiger partial charge in [0.15, 0.2) is 0 Å². The smallest absolute Gasteiger partial charge is 0.0106 e. The van der Waals surface area contributed by atoms with Crippen molar-refractivity contribution in [3.05, 3.63) is 0 Å². The normalized spacial score (nSPS) is 50.0. The van der Waals surface area contributed by atoms with Gasteiger partial charge in [-0.15, -0.1) is 0 Å². The highest BCUT2D eigenvalue weighted by molar-refractivity contribution is 7.99. The van der Waals surface area contributed by atoms with Crippen LogP contribution in [0.3, 0.4) is 0 Å². The van der Waals surface area contributed by atoms with Gasteiger partial charge in [-0.3, -0.25) is 0 Å². The van der Waals surface area contributed by atoms with Gasteiger partial charge in [0.2, 0.25) is 0 Å². The minimum atomic E-state index is 0.612. The molecule has 0 unspecified atom stereocenters. The highest BCUT2D eigenvalue weighted by Gasteiger charge is 2.60. The summed E-state index contributed by atoms with van der Waals surface area (Å²) in [4.78, 5) is 0. The zero-order chi connectivity index (χ0) is 8.98.